The smallest absolute Gasteiger partial charge is 0.339 e. The van der Waals surface area contributed by atoms with Crippen molar-refractivity contribution in [3.8, 4) is 11.1 Å². The van der Waals surface area contributed by atoms with Crippen molar-refractivity contribution in [1.29, 1.82) is 0 Å². The van der Waals surface area contributed by atoms with Gasteiger partial charge in [-0.25, -0.2) is 4.79 Å². The van der Waals surface area contributed by atoms with Crippen LogP contribution in [0.2, 0.25) is 0 Å². The third-order valence-electron chi connectivity index (χ3n) is 4.67. The Morgan fingerprint density at radius 2 is 1.71 bits per heavy atom. The van der Waals surface area contributed by atoms with Gasteiger partial charge in [0.2, 0.25) is 0 Å². The second-order valence-corrected chi connectivity index (χ2v) is 8.54. The van der Waals surface area contributed by atoms with E-state index in [1.807, 2.05) is 18.2 Å². The Morgan fingerprint density at radius 3 is 2.32 bits per heavy atom. The number of methoxy groups -OCH3 is 1. The number of carbonyl (C=O) groups is 1. The first-order chi connectivity index (χ1) is 13.5. The minimum Gasteiger partial charge on any atom is -0.465 e. The predicted molar refractivity (Wildman–Crippen MR) is 121 cm³/mol. The molecule has 0 fully saturated rings. The van der Waals surface area contributed by atoms with Crippen LogP contribution in [-0.4, -0.2) is 18.4 Å². The van der Waals surface area contributed by atoms with E-state index >= 15 is 0 Å². The van der Waals surface area contributed by atoms with Gasteiger partial charge < -0.3 is 4.74 Å². The van der Waals surface area contributed by atoms with Crippen molar-refractivity contribution in [3.05, 3.63) is 82.9 Å². The molecule has 0 radical (unpaired) electrons. The van der Waals surface area contributed by atoms with Gasteiger partial charge in [-0.3, -0.25) is 0 Å². The average Bonchev–Trinajstić information content (AvgIpc) is 2.71. The normalized spacial score (nSPS) is 10.7. The number of carbonyl (C=O) groups excluding carboxylic acids is 1. The number of alkyl halides is 1. The van der Waals surface area contributed by atoms with Gasteiger partial charge in [-0.15, -0.1) is 0 Å². The standard InChI is InChI=1S/C24H23BrO2S/c1-16-9-11-19(12-10-16)28-21-15-17(2)20(13-14-25)22(23(21)24(26)27-3)18-7-5-4-6-8-18/h4-12,15H,13-14H2,1-3H3. The molecular weight excluding hydrogens is 432 g/mol. The molecule has 3 aromatic rings. The van der Waals surface area contributed by atoms with E-state index in [2.05, 4.69) is 72.2 Å². The molecule has 0 aromatic heterocycles. The maximum Gasteiger partial charge on any atom is 0.339 e. The summed E-state index contributed by atoms with van der Waals surface area (Å²) in [5, 5.41) is 0.832. The van der Waals surface area contributed by atoms with E-state index in [4.69, 9.17) is 4.74 Å². The highest BCUT2D eigenvalue weighted by atomic mass is 79.9. The number of aryl methyl sites for hydroxylation is 2. The molecule has 3 aromatic carbocycles. The highest BCUT2D eigenvalue weighted by Crippen LogP contribution is 2.40. The zero-order chi connectivity index (χ0) is 20.1. The topological polar surface area (TPSA) is 26.3 Å². The van der Waals surface area contributed by atoms with Crippen LogP contribution in [-0.2, 0) is 11.2 Å². The number of halogens is 1. The highest BCUT2D eigenvalue weighted by Gasteiger charge is 2.24. The Labute approximate surface area is 179 Å². The van der Waals surface area contributed by atoms with Crippen LogP contribution in [0.5, 0.6) is 0 Å². The number of ether oxygens (including phenoxy) is 1. The lowest BCUT2D eigenvalue weighted by molar-refractivity contribution is 0.0597. The molecule has 0 aliphatic rings. The minimum absolute atomic E-state index is 0.302. The maximum absolute atomic E-state index is 12.9. The zero-order valence-corrected chi connectivity index (χ0v) is 18.7. The third-order valence-corrected chi connectivity index (χ3v) is 6.11. The van der Waals surface area contributed by atoms with Crippen LogP contribution in [0, 0.1) is 13.8 Å². The molecule has 0 N–H and O–H groups in total. The Bertz CT molecular complexity index is 966. The Balaban J connectivity index is 2.25. The quantitative estimate of drug-likeness (QED) is 0.301. The third kappa shape index (κ3) is 4.50. The molecule has 144 valence electrons. The van der Waals surface area contributed by atoms with Crippen LogP contribution in [0.15, 0.2) is 70.5 Å². The summed E-state index contributed by atoms with van der Waals surface area (Å²) in [5.74, 6) is -0.302. The van der Waals surface area contributed by atoms with E-state index in [-0.39, 0.29) is 5.97 Å². The van der Waals surface area contributed by atoms with Crippen LogP contribution in [0.4, 0.5) is 0 Å². The summed E-state index contributed by atoms with van der Waals surface area (Å²) < 4.78 is 5.20. The Hall–Kier alpha value is -2.04. The molecule has 0 aliphatic carbocycles. The lowest BCUT2D eigenvalue weighted by Crippen LogP contribution is -2.10. The van der Waals surface area contributed by atoms with Gasteiger partial charge in [-0.2, -0.15) is 0 Å². The molecule has 2 nitrogen and oxygen atoms in total. The van der Waals surface area contributed by atoms with E-state index in [0.29, 0.717) is 5.56 Å². The molecule has 3 rings (SSSR count). The van der Waals surface area contributed by atoms with E-state index in [1.165, 1.54) is 23.8 Å². The van der Waals surface area contributed by atoms with E-state index < -0.39 is 0 Å². The van der Waals surface area contributed by atoms with Crippen LogP contribution in [0.25, 0.3) is 11.1 Å². The van der Waals surface area contributed by atoms with Crippen LogP contribution >= 0.6 is 27.7 Å². The van der Waals surface area contributed by atoms with Gasteiger partial charge in [0.25, 0.3) is 0 Å². The molecule has 0 atom stereocenters. The largest absolute Gasteiger partial charge is 0.465 e. The Morgan fingerprint density at radius 1 is 1.04 bits per heavy atom. The maximum atomic E-state index is 12.9. The van der Waals surface area contributed by atoms with Crippen molar-refractivity contribution in [2.75, 3.05) is 12.4 Å². The first-order valence-electron chi connectivity index (χ1n) is 9.15. The van der Waals surface area contributed by atoms with Crippen LogP contribution in [0.1, 0.15) is 27.0 Å². The fourth-order valence-corrected chi connectivity index (χ4v) is 4.73. The minimum atomic E-state index is -0.302. The lowest BCUT2D eigenvalue weighted by Gasteiger charge is -2.20. The molecule has 0 unspecified atom stereocenters. The summed E-state index contributed by atoms with van der Waals surface area (Å²) >= 11 is 5.17. The van der Waals surface area contributed by atoms with Crippen LogP contribution in [0.3, 0.4) is 0 Å². The predicted octanol–water partition coefficient (Wildman–Crippen LogP) is 6.85. The molecule has 0 bridgehead atoms. The molecule has 0 saturated carbocycles. The monoisotopic (exact) mass is 454 g/mol. The number of hydrogen-bond acceptors (Lipinski definition) is 3. The number of rotatable bonds is 6. The fourth-order valence-electron chi connectivity index (χ4n) is 3.29. The summed E-state index contributed by atoms with van der Waals surface area (Å²) in [5.41, 5.74) is 6.22. The summed E-state index contributed by atoms with van der Waals surface area (Å²) in [4.78, 5) is 14.9. The van der Waals surface area contributed by atoms with Crippen molar-refractivity contribution < 1.29 is 9.53 Å². The molecule has 0 aliphatic heterocycles. The van der Waals surface area contributed by atoms with Gasteiger partial charge >= 0.3 is 5.97 Å². The van der Waals surface area contributed by atoms with Gasteiger partial charge in [0.05, 0.1) is 12.7 Å². The molecule has 0 amide bonds. The highest BCUT2D eigenvalue weighted by molar-refractivity contribution is 9.09. The lowest BCUT2D eigenvalue weighted by atomic mass is 9.90. The SMILES string of the molecule is COC(=O)c1c(Sc2ccc(C)cc2)cc(C)c(CCBr)c1-c1ccccc1. The first-order valence-corrected chi connectivity index (χ1v) is 11.1. The average molecular weight is 455 g/mol. The number of hydrogen-bond donors (Lipinski definition) is 0. The van der Waals surface area contributed by atoms with E-state index in [1.54, 1.807) is 11.8 Å². The van der Waals surface area contributed by atoms with Gasteiger partial charge in [0.15, 0.2) is 0 Å². The van der Waals surface area contributed by atoms with E-state index in [0.717, 1.165) is 32.7 Å². The number of benzene rings is 3. The Kier molecular flexibility index (Phi) is 6.97. The van der Waals surface area contributed by atoms with Gasteiger partial charge in [-0.05, 0) is 55.2 Å². The van der Waals surface area contributed by atoms with Crippen molar-refractivity contribution in [2.45, 2.75) is 30.1 Å². The molecular formula is C24H23BrO2S. The summed E-state index contributed by atoms with van der Waals surface area (Å²) in [7, 11) is 1.45. The fraction of sp³-hybridized carbons (Fsp3) is 0.208. The molecule has 0 saturated heterocycles. The summed E-state index contributed by atoms with van der Waals surface area (Å²) in [6, 6.07) is 20.6. The van der Waals surface area contributed by atoms with Crippen molar-refractivity contribution >= 4 is 33.7 Å². The van der Waals surface area contributed by atoms with E-state index in [9.17, 15) is 4.79 Å². The molecule has 0 spiro atoms. The molecule has 28 heavy (non-hydrogen) atoms. The summed E-state index contributed by atoms with van der Waals surface area (Å²) in [6.07, 6.45) is 0.843. The van der Waals surface area contributed by atoms with Gasteiger partial charge in [0.1, 0.15) is 0 Å². The first kappa shape index (κ1) is 20.7. The van der Waals surface area contributed by atoms with Crippen molar-refractivity contribution in [1.82, 2.24) is 0 Å². The van der Waals surface area contributed by atoms with Gasteiger partial charge in [-0.1, -0.05) is 75.7 Å². The zero-order valence-electron chi connectivity index (χ0n) is 16.3. The summed E-state index contributed by atoms with van der Waals surface area (Å²) in [6.45, 7) is 4.19. The second-order valence-electron chi connectivity index (χ2n) is 6.63. The van der Waals surface area contributed by atoms with Crippen LogP contribution < -0.4 is 0 Å². The van der Waals surface area contributed by atoms with Gasteiger partial charge in [0, 0.05) is 20.7 Å². The second kappa shape index (κ2) is 9.44. The molecule has 4 heteroatoms. The molecule has 0 heterocycles. The van der Waals surface area contributed by atoms with Crippen molar-refractivity contribution in [3.63, 3.8) is 0 Å². The van der Waals surface area contributed by atoms with Crippen molar-refractivity contribution in [2.24, 2.45) is 0 Å². The number of esters is 1.